The third kappa shape index (κ3) is 5.52. The molecule has 2 aromatic heterocycles. The molecular formula is C21H26N4OS. The van der Waals surface area contributed by atoms with Gasteiger partial charge in [0.2, 0.25) is 5.95 Å². The number of likely N-dealkylation sites (N-methyl/N-ethyl adjacent to an activating group) is 2. The molecule has 0 aliphatic rings. The van der Waals surface area contributed by atoms with E-state index in [2.05, 4.69) is 64.7 Å². The highest BCUT2D eigenvalue weighted by Gasteiger charge is 2.17. The SMILES string of the molecule is CN(CC(Cc1ccccc1)N(C)C)c1nc(=O)cc(Cc2ccsc2)[nH]1. The zero-order valence-electron chi connectivity index (χ0n) is 16.1. The summed E-state index contributed by atoms with van der Waals surface area (Å²) in [6.45, 7) is 0.771. The van der Waals surface area contributed by atoms with Crippen LogP contribution in [0.4, 0.5) is 5.95 Å². The standard InChI is InChI=1S/C21H26N4OS/c1-24(2)19(12-16-7-5-4-6-8-16)14-25(3)21-22-18(13-20(26)23-21)11-17-9-10-27-15-17/h4-10,13,15,19H,11-12,14H2,1-3H3,(H,22,23,26). The molecule has 0 spiro atoms. The molecule has 0 aliphatic carbocycles. The first-order valence-electron chi connectivity index (χ1n) is 9.04. The Hall–Kier alpha value is -2.44. The average Bonchev–Trinajstić information content (AvgIpc) is 3.14. The Morgan fingerprint density at radius 1 is 1.11 bits per heavy atom. The number of hydrogen-bond acceptors (Lipinski definition) is 5. The minimum atomic E-state index is -0.203. The fourth-order valence-electron chi connectivity index (χ4n) is 3.08. The van der Waals surface area contributed by atoms with E-state index in [9.17, 15) is 4.79 Å². The normalized spacial score (nSPS) is 12.3. The van der Waals surface area contributed by atoms with Crippen molar-refractivity contribution in [2.45, 2.75) is 18.9 Å². The number of benzene rings is 1. The quantitative estimate of drug-likeness (QED) is 0.651. The van der Waals surface area contributed by atoms with E-state index in [1.54, 1.807) is 17.4 Å². The van der Waals surface area contributed by atoms with E-state index in [4.69, 9.17) is 0 Å². The molecule has 0 saturated heterocycles. The lowest BCUT2D eigenvalue weighted by molar-refractivity contribution is 0.294. The van der Waals surface area contributed by atoms with Crippen LogP contribution >= 0.6 is 11.3 Å². The van der Waals surface area contributed by atoms with Gasteiger partial charge in [-0.2, -0.15) is 16.3 Å². The lowest BCUT2D eigenvalue weighted by Crippen LogP contribution is -2.41. The number of H-pyrrole nitrogens is 1. The van der Waals surface area contributed by atoms with Crippen LogP contribution in [0.15, 0.2) is 58.0 Å². The summed E-state index contributed by atoms with van der Waals surface area (Å²) in [5.41, 5.74) is 3.19. The number of hydrogen-bond donors (Lipinski definition) is 1. The Balaban J connectivity index is 1.74. The van der Waals surface area contributed by atoms with Gasteiger partial charge in [0.15, 0.2) is 0 Å². The van der Waals surface area contributed by atoms with E-state index >= 15 is 0 Å². The summed E-state index contributed by atoms with van der Waals surface area (Å²) in [5, 5.41) is 4.15. The van der Waals surface area contributed by atoms with E-state index in [0.717, 1.165) is 18.7 Å². The van der Waals surface area contributed by atoms with Gasteiger partial charge in [0.1, 0.15) is 0 Å². The largest absolute Gasteiger partial charge is 0.344 e. The minimum absolute atomic E-state index is 0.203. The van der Waals surface area contributed by atoms with Crippen molar-refractivity contribution in [1.29, 1.82) is 0 Å². The molecule has 2 heterocycles. The summed E-state index contributed by atoms with van der Waals surface area (Å²) in [6, 6.07) is 14.4. The van der Waals surface area contributed by atoms with Crippen molar-refractivity contribution in [2.24, 2.45) is 0 Å². The van der Waals surface area contributed by atoms with Crippen LogP contribution in [-0.4, -0.2) is 48.6 Å². The van der Waals surface area contributed by atoms with Crippen LogP contribution in [-0.2, 0) is 12.8 Å². The first-order chi connectivity index (χ1) is 13.0. The molecule has 3 aromatic rings. The Kier molecular flexibility index (Phi) is 6.42. The second-order valence-electron chi connectivity index (χ2n) is 7.06. The predicted octanol–water partition coefficient (Wildman–Crippen LogP) is 3.03. The molecule has 5 nitrogen and oxygen atoms in total. The topological polar surface area (TPSA) is 52.2 Å². The van der Waals surface area contributed by atoms with Gasteiger partial charge in [0.05, 0.1) is 0 Å². The smallest absolute Gasteiger partial charge is 0.274 e. The third-order valence-electron chi connectivity index (χ3n) is 4.65. The van der Waals surface area contributed by atoms with Crippen LogP contribution in [0, 0.1) is 0 Å². The Bertz CT molecular complexity index is 890. The summed E-state index contributed by atoms with van der Waals surface area (Å²) in [4.78, 5) is 23.9. The van der Waals surface area contributed by atoms with E-state index in [1.165, 1.54) is 11.1 Å². The van der Waals surface area contributed by atoms with Crippen molar-refractivity contribution in [2.75, 3.05) is 32.6 Å². The molecule has 6 heteroatoms. The number of rotatable bonds is 8. The molecule has 0 saturated carbocycles. The van der Waals surface area contributed by atoms with Crippen molar-refractivity contribution in [1.82, 2.24) is 14.9 Å². The predicted molar refractivity (Wildman–Crippen MR) is 113 cm³/mol. The van der Waals surface area contributed by atoms with Crippen molar-refractivity contribution in [3.8, 4) is 0 Å². The van der Waals surface area contributed by atoms with Gasteiger partial charge >= 0.3 is 0 Å². The van der Waals surface area contributed by atoms with Gasteiger partial charge in [0, 0.05) is 37.8 Å². The maximum atomic E-state index is 12.1. The van der Waals surface area contributed by atoms with Crippen LogP contribution in [0.5, 0.6) is 0 Å². The molecular weight excluding hydrogens is 356 g/mol. The van der Waals surface area contributed by atoms with Crippen LogP contribution in [0.2, 0.25) is 0 Å². The molecule has 1 unspecified atom stereocenters. The zero-order valence-corrected chi connectivity index (χ0v) is 16.9. The third-order valence-corrected chi connectivity index (χ3v) is 5.38. The number of aromatic amines is 1. The molecule has 3 rings (SSSR count). The molecule has 1 atom stereocenters. The van der Waals surface area contributed by atoms with Gasteiger partial charge < -0.3 is 14.8 Å². The van der Waals surface area contributed by atoms with Gasteiger partial charge in [-0.25, -0.2) is 0 Å². The zero-order chi connectivity index (χ0) is 19.2. The van der Waals surface area contributed by atoms with Crippen molar-refractivity contribution < 1.29 is 0 Å². The molecule has 0 radical (unpaired) electrons. The fourth-order valence-corrected chi connectivity index (χ4v) is 3.75. The lowest BCUT2D eigenvalue weighted by atomic mass is 10.0. The monoisotopic (exact) mass is 382 g/mol. The number of nitrogens with zero attached hydrogens (tertiary/aromatic N) is 3. The van der Waals surface area contributed by atoms with E-state index < -0.39 is 0 Å². The highest BCUT2D eigenvalue weighted by Crippen LogP contribution is 2.14. The summed E-state index contributed by atoms with van der Waals surface area (Å²) in [7, 11) is 6.16. The minimum Gasteiger partial charge on any atom is -0.344 e. The maximum absolute atomic E-state index is 12.1. The molecule has 0 amide bonds. The molecule has 142 valence electrons. The molecule has 0 bridgehead atoms. The maximum Gasteiger partial charge on any atom is 0.274 e. The van der Waals surface area contributed by atoms with Crippen LogP contribution < -0.4 is 10.5 Å². The summed E-state index contributed by atoms with van der Waals surface area (Å²) < 4.78 is 0. The fraction of sp³-hybridized carbons (Fsp3) is 0.333. The van der Waals surface area contributed by atoms with E-state index in [1.807, 2.05) is 23.4 Å². The molecule has 1 N–H and O–H groups in total. The first-order valence-corrected chi connectivity index (χ1v) is 9.98. The van der Waals surface area contributed by atoms with Crippen molar-refractivity contribution in [3.63, 3.8) is 0 Å². The summed E-state index contributed by atoms with van der Waals surface area (Å²) >= 11 is 1.66. The van der Waals surface area contributed by atoms with Gasteiger partial charge in [-0.15, -0.1) is 0 Å². The van der Waals surface area contributed by atoms with Crippen LogP contribution in [0.1, 0.15) is 16.8 Å². The van der Waals surface area contributed by atoms with E-state index in [0.29, 0.717) is 18.4 Å². The average molecular weight is 383 g/mol. The molecule has 0 fully saturated rings. The van der Waals surface area contributed by atoms with Crippen LogP contribution in [0.25, 0.3) is 0 Å². The second-order valence-corrected chi connectivity index (χ2v) is 7.84. The second kappa shape index (κ2) is 8.97. The summed E-state index contributed by atoms with van der Waals surface area (Å²) in [6.07, 6.45) is 1.65. The molecule has 27 heavy (non-hydrogen) atoms. The lowest BCUT2D eigenvalue weighted by Gasteiger charge is -2.29. The Morgan fingerprint density at radius 2 is 1.89 bits per heavy atom. The van der Waals surface area contributed by atoms with E-state index in [-0.39, 0.29) is 5.56 Å². The molecule has 1 aromatic carbocycles. The molecule has 0 aliphatic heterocycles. The Labute approximate surface area is 164 Å². The number of aromatic nitrogens is 2. The van der Waals surface area contributed by atoms with Crippen LogP contribution in [0.3, 0.4) is 0 Å². The van der Waals surface area contributed by atoms with Crippen molar-refractivity contribution in [3.05, 3.63) is 80.4 Å². The van der Waals surface area contributed by atoms with Gasteiger partial charge in [-0.1, -0.05) is 30.3 Å². The van der Waals surface area contributed by atoms with Crippen molar-refractivity contribution >= 4 is 17.3 Å². The highest BCUT2D eigenvalue weighted by molar-refractivity contribution is 7.07. The van der Waals surface area contributed by atoms with Gasteiger partial charge in [-0.3, -0.25) is 4.79 Å². The number of anilines is 1. The van der Waals surface area contributed by atoms with Gasteiger partial charge in [0.25, 0.3) is 5.56 Å². The first kappa shape index (κ1) is 19.3. The Morgan fingerprint density at radius 3 is 2.56 bits per heavy atom. The summed E-state index contributed by atoms with van der Waals surface area (Å²) in [5.74, 6) is 0.618. The number of nitrogens with one attached hydrogen (secondary N) is 1. The highest BCUT2D eigenvalue weighted by atomic mass is 32.1. The van der Waals surface area contributed by atoms with Gasteiger partial charge in [-0.05, 0) is 48.5 Å². The number of thiophene rings is 1.